The van der Waals surface area contributed by atoms with Crippen molar-refractivity contribution < 1.29 is 14.3 Å². The summed E-state index contributed by atoms with van der Waals surface area (Å²) in [7, 11) is 0. The molecule has 3 amide bonds. The van der Waals surface area contributed by atoms with Crippen LogP contribution in [0.3, 0.4) is 0 Å². The molecule has 0 bridgehead atoms. The predicted octanol–water partition coefficient (Wildman–Crippen LogP) is 4.18. The van der Waals surface area contributed by atoms with Crippen molar-refractivity contribution in [3.8, 4) is 17.2 Å². The van der Waals surface area contributed by atoms with Crippen LogP contribution >= 0.6 is 0 Å². The van der Waals surface area contributed by atoms with Gasteiger partial charge in [0.2, 0.25) is 5.91 Å². The topological polar surface area (TPSA) is 97.7 Å². The Bertz CT molecular complexity index is 1140. The molecule has 2 N–H and O–H groups in total. The number of morpholine rings is 1. The first-order chi connectivity index (χ1) is 18.2. The first-order valence-corrected chi connectivity index (χ1v) is 13.4. The second kappa shape index (κ2) is 11.9. The standard InChI is InChI=1S/C30H39N5O3/c1-29(2,3)21-26(32-28(37)35-16-18-38-19-17-35)27(36)33-30(22-31)12-14-34(15-13-30)25-11-7-10-24(20-25)23-8-5-4-6-9-23/h4-11,20,26H,12-19,21H2,1-3H3,(H,32,37)(H,33,36). The molecule has 0 spiro atoms. The van der Waals surface area contributed by atoms with Crippen LogP contribution in [0.2, 0.25) is 0 Å². The van der Waals surface area contributed by atoms with Gasteiger partial charge in [0.1, 0.15) is 11.6 Å². The summed E-state index contributed by atoms with van der Waals surface area (Å²) in [5.41, 5.74) is 2.26. The monoisotopic (exact) mass is 517 g/mol. The molecule has 2 saturated heterocycles. The third-order valence-electron chi connectivity index (χ3n) is 7.24. The Kier molecular flexibility index (Phi) is 8.58. The number of carbonyl (C=O) groups is 2. The average Bonchev–Trinajstić information content (AvgIpc) is 2.93. The molecule has 1 unspecified atom stereocenters. The lowest BCUT2D eigenvalue weighted by Gasteiger charge is -2.40. The van der Waals surface area contributed by atoms with Crippen LogP contribution in [0.1, 0.15) is 40.0 Å². The molecule has 1 atom stereocenters. The Morgan fingerprint density at radius 3 is 2.29 bits per heavy atom. The smallest absolute Gasteiger partial charge is 0.318 e. The van der Waals surface area contributed by atoms with Gasteiger partial charge in [-0.05, 0) is 35.1 Å². The third kappa shape index (κ3) is 7.05. The number of rotatable bonds is 6. The van der Waals surface area contributed by atoms with Crippen molar-refractivity contribution in [3.05, 3.63) is 54.6 Å². The summed E-state index contributed by atoms with van der Waals surface area (Å²) in [5.74, 6) is -0.303. The van der Waals surface area contributed by atoms with Gasteiger partial charge >= 0.3 is 6.03 Å². The fourth-order valence-corrected chi connectivity index (χ4v) is 5.08. The van der Waals surface area contributed by atoms with Gasteiger partial charge in [-0.2, -0.15) is 5.26 Å². The van der Waals surface area contributed by atoms with Crippen LogP contribution in [0.25, 0.3) is 11.1 Å². The molecule has 2 aromatic rings. The highest BCUT2D eigenvalue weighted by Crippen LogP contribution is 2.30. The largest absolute Gasteiger partial charge is 0.378 e. The average molecular weight is 518 g/mol. The van der Waals surface area contributed by atoms with E-state index in [4.69, 9.17) is 4.74 Å². The zero-order valence-electron chi connectivity index (χ0n) is 22.7. The summed E-state index contributed by atoms with van der Waals surface area (Å²) in [6, 6.07) is 20.1. The number of benzene rings is 2. The lowest BCUT2D eigenvalue weighted by molar-refractivity contribution is -0.125. The van der Waals surface area contributed by atoms with Gasteiger partial charge in [0.25, 0.3) is 0 Å². The number of anilines is 1. The van der Waals surface area contributed by atoms with Gasteiger partial charge < -0.3 is 25.2 Å². The fourth-order valence-electron chi connectivity index (χ4n) is 5.08. The highest BCUT2D eigenvalue weighted by atomic mass is 16.5. The van der Waals surface area contributed by atoms with Crippen molar-refractivity contribution in [1.29, 1.82) is 5.26 Å². The second-order valence-electron chi connectivity index (χ2n) is 11.5. The van der Waals surface area contributed by atoms with Gasteiger partial charge in [-0.25, -0.2) is 4.79 Å². The van der Waals surface area contributed by atoms with Gasteiger partial charge in [-0.15, -0.1) is 0 Å². The number of hydrogen-bond donors (Lipinski definition) is 2. The molecule has 2 aliphatic heterocycles. The van der Waals surface area contributed by atoms with Crippen LogP contribution in [0, 0.1) is 16.7 Å². The molecule has 0 aliphatic carbocycles. The van der Waals surface area contributed by atoms with Crippen LogP contribution in [0.4, 0.5) is 10.5 Å². The number of nitrogens with zero attached hydrogens (tertiary/aromatic N) is 3. The van der Waals surface area contributed by atoms with E-state index in [-0.39, 0.29) is 17.4 Å². The summed E-state index contributed by atoms with van der Waals surface area (Å²) < 4.78 is 5.34. The fraction of sp³-hybridized carbons (Fsp3) is 0.500. The van der Waals surface area contributed by atoms with Crippen LogP contribution in [0.15, 0.2) is 54.6 Å². The molecular weight excluding hydrogens is 478 g/mol. The molecule has 8 nitrogen and oxygen atoms in total. The van der Waals surface area contributed by atoms with E-state index in [1.807, 2.05) is 39.0 Å². The van der Waals surface area contributed by atoms with Crippen LogP contribution in [-0.4, -0.2) is 67.8 Å². The number of urea groups is 1. The number of carbonyl (C=O) groups excluding carboxylic acids is 2. The predicted molar refractivity (Wildman–Crippen MR) is 149 cm³/mol. The lowest BCUT2D eigenvalue weighted by atomic mass is 9.85. The van der Waals surface area contributed by atoms with Crippen molar-refractivity contribution in [2.45, 2.75) is 51.6 Å². The molecule has 38 heavy (non-hydrogen) atoms. The minimum atomic E-state index is -0.968. The van der Waals surface area contributed by atoms with Crippen molar-refractivity contribution in [1.82, 2.24) is 15.5 Å². The Hall–Kier alpha value is -3.57. The van der Waals surface area contributed by atoms with E-state index in [0.717, 1.165) is 16.8 Å². The number of piperidine rings is 1. The maximum atomic E-state index is 13.5. The summed E-state index contributed by atoms with van der Waals surface area (Å²) >= 11 is 0. The Balaban J connectivity index is 1.42. The molecule has 2 fully saturated rings. The molecule has 0 radical (unpaired) electrons. The van der Waals surface area contributed by atoms with Crippen LogP contribution in [-0.2, 0) is 9.53 Å². The summed E-state index contributed by atoms with van der Waals surface area (Å²) in [5, 5.41) is 16.1. The van der Waals surface area contributed by atoms with E-state index < -0.39 is 11.6 Å². The van der Waals surface area contributed by atoms with Crippen molar-refractivity contribution >= 4 is 17.6 Å². The van der Waals surface area contributed by atoms with Crippen molar-refractivity contribution in [3.63, 3.8) is 0 Å². The second-order valence-corrected chi connectivity index (χ2v) is 11.5. The highest BCUT2D eigenvalue weighted by molar-refractivity contribution is 5.88. The van der Waals surface area contributed by atoms with Crippen LogP contribution < -0.4 is 15.5 Å². The van der Waals surface area contributed by atoms with Gasteiger partial charge in [0, 0.05) is 44.7 Å². The van der Waals surface area contributed by atoms with E-state index >= 15 is 0 Å². The number of nitrogens with one attached hydrogen (secondary N) is 2. The normalized spacial score (nSPS) is 18.3. The molecule has 2 aromatic carbocycles. The Morgan fingerprint density at radius 2 is 1.66 bits per heavy atom. The molecule has 202 valence electrons. The minimum Gasteiger partial charge on any atom is -0.378 e. The van der Waals surface area contributed by atoms with E-state index in [2.05, 4.69) is 58.0 Å². The maximum absolute atomic E-state index is 13.5. The summed E-state index contributed by atoms with van der Waals surface area (Å²) in [4.78, 5) is 30.3. The molecule has 0 saturated carbocycles. The Morgan fingerprint density at radius 1 is 1.00 bits per heavy atom. The SMILES string of the molecule is CC(C)(C)CC(NC(=O)N1CCOCC1)C(=O)NC1(C#N)CCN(c2cccc(-c3ccccc3)c2)CC1. The van der Waals surface area contributed by atoms with Crippen molar-refractivity contribution in [2.75, 3.05) is 44.3 Å². The Labute approximate surface area is 225 Å². The van der Waals surface area contributed by atoms with Gasteiger partial charge in [-0.1, -0.05) is 63.2 Å². The highest BCUT2D eigenvalue weighted by Gasteiger charge is 2.39. The number of hydrogen-bond acceptors (Lipinski definition) is 5. The molecule has 8 heteroatoms. The summed E-state index contributed by atoms with van der Waals surface area (Å²) in [6.45, 7) is 9.39. The van der Waals surface area contributed by atoms with E-state index in [9.17, 15) is 14.9 Å². The lowest BCUT2D eigenvalue weighted by Crippen LogP contribution is -2.60. The van der Waals surface area contributed by atoms with Gasteiger partial charge in [-0.3, -0.25) is 4.79 Å². The zero-order chi connectivity index (χ0) is 27.2. The zero-order valence-corrected chi connectivity index (χ0v) is 22.7. The van der Waals surface area contributed by atoms with Crippen LogP contribution in [0.5, 0.6) is 0 Å². The molecule has 2 aliphatic rings. The minimum absolute atomic E-state index is 0.187. The third-order valence-corrected chi connectivity index (χ3v) is 7.24. The van der Waals surface area contributed by atoms with E-state index in [0.29, 0.717) is 58.7 Å². The number of amides is 3. The van der Waals surface area contributed by atoms with E-state index in [1.54, 1.807) is 4.90 Å². The quantitative estimate of drug-likeness (QED) is 0.599. The molecular formula is C30H39N5O3. The molecule has 4 rings (SSSR count). The van der Waals surface area contributed by atoms with E-state index in [1.165, 1.54) is 0 Å². The first-order valence-electron chi connectivity index (χ1n) is 13.4. The molecule has 2 heterocycles. The van der Waals surface area contributed by atoms with Gasteiger partial charge in [0.15, 0.2) is 0 Å². The maximum Gasteiger partial charge on any atom is 0.318 e. The van der Waals surface area contributed by atoms with Crippen molar-refractivity contribution in [2.24, 2.45) is 5.41 Å². The first kappa shape index (κ1) is 27.5. The summed E-state index contributed by atoms with van der Waals surface area (Å²) in [6.07, 6.45) is 1.48. The molecule has 0 aromatic heterocycles. The number of nitriles is 1. The van der Waals surface area contributed by atoms with Gasteiger partial charge in [0.05, 0.1) is 19.3 Å². The number of ether oxygens (including phenoxy) is 1.